The van der Waals surface area contributed by atoms with Gasteiger partial charge in [0.25, 0.3) is 0 Å². The Morgan fingerprint density at radius 3 is 2.48 bits per heavy atom. The van der Waals surface area contributed by atoms with Crippen LogP contribution in [0, 0.1) is 0 Å². The Hall–Kier alpha value is -1.23. The lowest BCUT2D eigenvalue weighted by molar-refractivity contribution is 0.0524. The van der Waals surface area contributed by atoms with Gasteiger partial charge in [0.15, 0.2) is 0 Å². The highest BCUT2D eigenvalue weighted by molar-refractivity contribution is 6.50. The van der Waals surface area contributed by atoms with Crippen molar-refractivity contribution in [2.75, 3.05) is 6.61 Å². The van der Waals surface area contributed by atoms with Crippen molar-refractivity contribution < 1.29 is 9.53 Å². The Labute approximate surface area is 136 Å². The van der Waals surface area contributed by atoms with Crippen LogP contribution in [0.4, 0.5) is 0 Å². The summed E-state index contributed by atoms with van der Waals surface area (Å²) in [7, 11) is 0. The normalized spacial score (nSPS) is 10.9. The van der Waals surface area contributed by atoms with E-state index in [1.165, 1.54) is 6.20 Å². The van der Waals surface area contributed by atoms with Gasteiger partial charge in [0.2, 0.25) is 5.43 Å². The first-order chi connectivity index (χ1) is 9.92. The van der Waals surface area contributed by atoms with Crippen LogP contribution in [0.1, 0.15) is 24.2 Å². The van der Waals surface area contributed by atoms with Crippen LogP contribution < -0.4 is 5.43 Å². The number of rotatable bonds is 3. The third-order valence-corrected chi connectivity index (χ3v) is 4.31. The molecular weight excluding hydrogens is 337 g/mol. The maximum atomic E-state index is 12.5. The van der Waals surface area contributed by atoms with Crippen molar-refractivity contribution in [3.63, 3.8) is 0 Å². The highest BCUT2D eigenvalue weighted by Gasteiger charge is 2.20. The maximum absolute atomic E-state index is 12.5. The molecule has 0 saturated heterocycles. The monoisotopic (exact) mass is 347 g/mol. The number of carbonyl (C=O) groups excluding carboxylic acids is 1. The Morgan fingerprint density at radius 1 is 1.24 bits per heavy atom. The van der Waals surface area contributed by atoms with Gasteiger partial charge in [-0.1, -0.05) is 34.8 Å². The molecule has 0 radical (unpaired) electrons. The number of hydrogen-bond acceptors (Lipinski definition) is 3. The number of ether oxygens (including phenoxy) is 1. The number of nitrogens with zero attached hydrogens (tertiary/aromatic N) is 1. The van der Waals surface area contributed by atoms with Crippen molar-refractivity contribution in [1.82, 2.24) is 4.57 Å². The second-order valence-electron chi connectivity index (χ2n) is 4.26. The van der Waals surface area contributed by atoms with E-state index in [-0.39, 0.29) is 32.6 Å². The van der Waals surface area contributed by atoms with Crippen molar-refractivity contribution >= 4 is 51.7 Å². The zero-order valence-electron chi connectivity index (χ0n) is 11.4. The van der Waals surface area contributed by atoms with Crippen molar-refractivity contribution in [3.8, 4) is 0 Å². The topological polar surface area (TPSA) is 48.3 Å². The molecule has 0 aliphatic rings. The van der Waals surface area contributed by atoms with E-state index in [2.05, 4.69) is 0 Å². The lowest BCUT2D eigenvalue weighted by atomic mass is 10.1. The quantitative estimate of drug-likeness (QED) is 0.618. The van der Waals surface area contributed by atoms with E-state index in [0.29, 0.717) is 12.1 Å². The average molecular weight is 349 g/mol. The molecule has 4 nitrogen and oxygen atoms in total. The first-order valence-electron chi connectivity index (χ1n) is 6.30. The summed E-state index contributed by atoms with van der Waals surface area (Å²) in [6, 6.07) is 1.56. The molecule has 1 heterocycles. The number of esters is 1. The smallest absolute Gasteiger partial charge is 0.343 e. The molecule has 0 saturated carbocycles. The molecule has 1 aromatic heterocycles. The highest BCUT2D eigenvalue weighted by Crippen LogP contribution is 2.35. The van der Waals surface area contributed by atoms with E-state index in [0.717, 1.165) is 0 Å². The van der Waals surface area contributed by atoms with Crippen molar-refractivity contribution in [2.45, 2.75) is 20.4 Å². The third kappa shape index (κ3) is 2.76. The van der Waals surface area contributed by atoms with Crippen LogP contribution in [0.5, 0.6) is 0 Å². The lowest BCUT2D eigenvalue weighted by Crippen LogP contribution is -2.21. The van der Waals surface area contributed by atoms with Crippen LogP contribution in [-0.2, 0) is 11.3 Å². The number of aryl methyl sites for hydroxylation is 1. The SMILES string of the molecule is CCOC(=O)c1cn(CC)c2cc(Cl)c(Cl)c(Cl)c2c1=O. The molecule has 0 N–H and O–H groups in total. The Kier molecular flexibility index (Phi) is 4.81. The van der Waals surface area contributed by atoms with Gasteiger partial charge in [-0.3, -0.25) is 4.79 Å². The lowest BCUT2D eigenvalue weighted by Gasteiger charge is -2.13. The van der Waals surface area contributed by atoms with Crippen LogP contribution in [0.3, 0.4) is 0 Å². The number of aromatic nitrogens is 1. The van der Waals surface area contributed by atoms with Gasteiger partial charge >= 0.3 is 5.97 Å². The second-order valence-corrected chi connectivity index (χ2v) is 5.42. The molecule has 0 atom stereocenters. The summed E-state index contributed by atoms with van der Waals surface area (Å²) >= 11 is 18.1. The van der Waals surface area contributed by atoms with Crippen LogP contribution in [0.25, 0.3) is 10.9 Å². The molecule has 1 aromatic carbocycles. The van der Waals surface area contributed by atoms with Crippen LogP contribution >= 0.6 is 34.8 Å². The minimum atomic E-state index is -0.686. The van der Waals surface area contributed by atoms with Crippen LogP contribution in [0.2, 0.25) is 15.1 Å². The Bertz CT molecular complexity index is 783. The molecule has 0 unspecified atom stereocenters. The van der Waals surface area contributed by atoms with Crippen LogP contribution in [-0.4, -0.2) is 17.1 Å². The fourth-order valence-corrected chi connectivity index (χ4v) is 2.74. The average Bonchev–Trinajstić information content (AvgIpc) is 2.45. The Balaban J connectivity index is 2.92. The van der Waals surface area contributed by atoms with E-state index in [1.807, 2.05) is 6.92 Å². The van der Waals surface area contributed by atoms with Crippen molar-refractivity contribution in [2.24, 2.45) is 0 Å². The standard InChI is InChI=1S/C14H12Cl3NO3/c1-3-18-6-7(14(20)21-4-2)13(19)10-9(18)5-8(15)11(16)12(10)17/h5-6H,3-4H2,1-2H3. The minimum absolute atomic E-state index is 0.0394. The zero-order chi connectivity index (χ0) is 15.7. The molecule has 0 aliphatic heterocycles. The summed E-state index contributed by atoms with van der Waals surface area (Å²) in [6.45, 7) is 4.24. The number of fused-ring (bicyclic) bond motifs is 1. The molecular formula is C14H12Cl3NO3. The first-order valence-corrected chi connectivity index (χ1v) is 7.43. The van der Waals surface area contributed by atoms with Gasteiger partial charge in [0.1, 0.15) is 5.56 Å². The third-order valence-electron chi connectivity index (χ3n) is 3.04. The molecule has 0 spiro atoms. The summed E-state index contributed by atoms with van der Waals surface area (Å²) in [5.41, 5.74) is -0.0712. The molecule has 0 fully saturated rings. The van der Waals surface area contributed by atoms with E-state index >= 15 is 0 Å². The first kappa shape index (κ1) is 16.1. The molecule has 0 bridgehead atoms. The largest absolute Gasteiger partial charge is 0.462 e. The van der Waals surface area contributed by atoms with E-state index in [4.69, 9.17) is 39.5 Å². The van der Waals surface area contributed by atoms with Crippen molar-refractivity contribution in [3.05, 3.63) is 43.1 Å². The van der Waals surface area contributed by atoms with E-state index in [9.17, 15) is 9.59 Å². The summed E-state index contributed by atoms with van der Waals surface area (Å²) in [4.78, 5) is 24.4. The van der Waals surface area contributed by atoms with Gasteiger partial charge in [0.05, 0.1) is 32.6 Å². The van der Waals surface area contributed by atoms with Gasteiger partial charge in [0, 0.05) is 12.7 Å². The van der Waals surface area contributed by atoms with E-state index in [1.54, 1.807) is 17.6 Å². The molecule has 0 amide bonds. The summed E-state index contributed by atoms with van der Waals surface area (Å²) in [5, 5.41) is 0.544. The number of halogens is 3. The van der Waals surface area contributed by atoms with Gasteiger partial charge in [-0.25, -0.2) is 4.79 Å². The van der Waals surface area contributed by atoms with Gasteiger partial charge in [-0.2, -0.15) is 0 Å². The molecule has 2 aromatic rings. The number of benzene rings is 1. The maximum Gasteiger partial charge on any atom is 0.343 e. The van der Waals surface area contributed by atoms with Gasteiger partial charge in [-0.15, -0.1) is 0 Å². The second kappa shape index (κ2) is 6.26. The van der Waals surface area contributed by atoms with E-state index < -0.39 is 11.4 Å². The minimum Gasteiger partial charge on any atom is -0.462 e. The molecule has 21 heavy (non-hydrogen) atoms. The number of carbonyl (C=O) groups is 1. The predicted molar refractivity (Wildman–Crippen MR) is 84.9 cm³/mol. The number of hydrogen-bond donors (Lipinski definition) is 0. The molecule has 7 heteroatoms. The highest BCUT2D eigenvalue weighted by atomic mass is 35.5. The van der Waals surface area contributed by atoms with Crippen molar-refractivity contribution in [1.29, 1.82) is 0 Å². The molecule has 2 rings (SSSR count). The zero-order valence-corrected chi connectivity index (χ0v) is 13.6. The van der Waals surface area contributed by atoms with Crippen LogP contribution in [0.15, 0.2) is 17.1 Å². The summed E-state index contributed by atoms with van der Waals surface area (Å²) < 4.78 is 6.60. The van der Waals surface area contributed by atoms with Gasteiger partial charge in [-0.05, 0) is 19.9 Å². The summed E-state index contributed by atoms with van der Waals surface area (Å²) in [6.07, 6.45) is 1.45. The number of pyridine rings is 1. The predicted octanol–water partition coefficient (Wildman–Crippen LogP) is 4.16. The fourth-order valence-electron chi connectivity index (χ4n) is 2.06. The fraction of sp³-hybridized carbons (Fsp3) is 0.286. The Morgan fingerprint density at radius 2 is 1.90 bits per heavy atom. The van der Waals surface area contributed by atoms with Gasteiger partial charge < -0.3 is 9.30 Å². The summed E-state index contributed by atoms with van der Waals surface area (Å²) in [5.74, 6) is -0.686. The molecule has 112 valence electrons. The molecule has 0 aliphatic carbocycles.